The van der Waals surface area contributed by atoms with Crippen LogP contribution in [0.4, 0.5) is 4.79 Å². The zero-order valence-electron chi connectivity index (χ0n) is 14.8. The van der Waals surface area contributed by atoms with E-state index in [4.69, 9.17) is 9.47 Å². The van der Waals surface area contributed by atoms with Gasteiger partial charge in [0.1, 0.15) is 12.3 Å². The van der Waals surface area contributed by atoms with E-state index in [2.05, 4.69) is 5.32 Å². The number of amides is 2. The summed E-state index contributed by atoms with van der Waals surface area (Å²) in [5.41, 5.74) is -0.609. The fourth-order valence-electron chi connectivity index (χ4n) is 2.58. The third kappa shape index (κ3) is 4.96. The van der Waals surface area contributed by atoms with Gasteiger partial charge in [0.15, 0.2) is 0 Å². The molecule has 0 radical (unpaired) electrons. The summed E-state index contributed by atoms with van der Waals surface area (Å²) in [5, 5.41) is 2.87. The monoisotopic (exact) mass is 334 g/mol. The second-order valence-corrected chi connectivity index (χ2v) is 7.20. The Bertz CT molecular complexity index is 576. The third-order valence-corrected chi connectivity index (χ3v) is 3.80. The first-order valence-electron chi connectivity index (χ1n) is 8.12. The summed E-state index contributed by atoms with van der Waals surface area (Å²) in [5.74, 6) is -0.0603. The predicted octanol–water partition coefficient (Wildman–Crippen LogP) is 2.63. The average molecular weight is 334 g/mol. The molecular weight excluding hydrogens is 308 g/mol. The molecule has 1 atom stereocenters. The van der Waals surface area contributed by atoms with Crippen molar-refractivity contribution in [3.63, 3.8) is 0 Å². The lowest BCUT2D eigenvalue weighted by atomic mass is 9.88. The number of carbonyl (C=O) groups is 2. The van der Waals surface area contributed by atoms with Crippen LogP contribution in [0.1, 0.15) is 39.7 Å². The van der Waals surface area contributed by atoms with Gasteiger partial charge >= 0.3 is 6.09 Å². The number of nitrogens with one attached hydrogen (secondary N) is 1. The van der Waals surface area contributed by atoms with Crippen molar-refractivity contribution in [1.29, 1.82) is 0 Å². The molecule has 0 saturated carbocycles. The van der Waals surface area contributed by atoms with Gasteiger partial charge in [-0.1, -0.05) is 30.3 Å². The van der Waals surface area contributed by atoms with E-state index < -0.39 is 17.2 Å². The molecule has 0 bridgehead atoms. The maximum Gasteiger partial charge on any atom is 0.408 e. The molecule has 132 valence electrons. The van der Waals surface area contributed by atoms with Crippen molar-refractivity contribution >= 4 is 12.0 Å². The van der Waals surface area contributed by atoms with Gasteiger partial charge in [0, 0.05) is 6.54 Å². The molecule has 2 amide bonds. The molecule has 0 spiro atoms. The number of nitrogens with zero attached hydrogens (tertiary/aromatic N) is 1. The molecule has 1 aliphatic rings. The lowest BCUT2D eigenvalue weighted by Gasteiger charge is -2.33. The number of ether oxygens (including phenoxy) is 2. The van der Waals surface area contributed by atoms with Gasteiger partial charge < -0.3 is 19.7 Å². The molecule has 2 rings (SSSR count). The number of carbonyl (C=O) groups excluding carboxylic acids is 2. The lowest BCUT2D eigenvalue weighted by molar-refractivity contribution is -0.133. The molecule has 6 nitrogen and oxygen atoms in total. The van der Waals surface area contributed by atoms with Crippen LogP contribution in [0.25, 0.3) is 0 Å². The summed E-state index contributed by atoms with van der Waals surface area (Å²) >= 11 is 0. The van der Waals surface area contributed by atoms with E-state index in [1.807, 2.05) is 37.3 Å². The first-order chi connectivity index (χ1) is 11.2. The summed E-state index contributed by atoms with van der Waals surface area (Å²) in [6.07, 6.45) is -0.404. The quantitative estimate of drug-likeness (QED) is 0.919. The van der Waals surface area contributed by atoms with Gasteiger partial charge in [0.25, 0.3) is 0 Å². The molecule has 0 aromatic heterocycles. The highest BCUT2D eigenvalue weighted by Gasteiger charge is 2.35. The van der Waals surface area contributed by atoms with Gasteiger partial charge in [-0.15, -0.1) is 0 Å². The molecule has 0 aliphatic carbocycles. The fourth-order valence-corrected chi connectivity index (χ4v) is 2.58. The van der Waals surface area contributed by atoms with Gasteiger partial charge in [0.05, 0.1) is 18.6 Å². The van der Waals surface area contributed by atoms with Crippen LogP contribution >= 0.6 is 0 Å². The summed E-state index contributed by atoms with van der Waals surface area (Å²) in [6.45, 7) is 8.68. The van der Waals surface area contributed by atoms with E-state index >= 15 is 0 Å². The summed E-state index contributed by atoms with van der Waals surface area (Å²) < 4.78 is 10.6. The molecule has 1 N–H and O–H groups in total. The molecular formula is C18H26N2O4. The van der Waals surface area contributed by atoms with E-state index in [0.717, 1.165) is 5.56 Å². The molecule has 1 aromatic rings. The van der Waals surface area contributed by atoms with Gasteiger partial charge in [-0.25, -0.2) is 4.79 Å². The topological polar surface area (TPSA) is 67.9 Å². The van der Waals surface area contributed by atoms with Crippen LogP contribution < -0.4 is 5.32 Å². The van der Waals surface area contributed by atoms with Crippen LogP contribution in [-0.2, 0) is 19.8 Å². The lowest BCUT2D eigenvalue weighted by Crippen LogP contribution is -2.48. The predicted molar refractivity (Wildman–Crippen MR) is 90.3 cm³/mol. The van der Waals surface area contributed by atoms with Crippen LogP contribution in [0.15, 0.2) is 30.3 Å². The van der Waals surface area contributed by atoms with Gasteiger partial charge in [-0.3, -0.25) is 4.79 Å². The largest absolute Gasteiger partial charge is 0.444 e. The van der Waals surface area contributed by atoms with Gasteiger partial charge in [-0.2, -0.15) is 0 Å². The van der Waals surface area contributed by atoms with Crippen LogP contribution in [0.5, 0.6) is 0 Å². The first-order valence-corrected chi connectivity index (χ1v) is 8.12. The first kappa shape index (κ1) is 18.3. The van der Waals surface area contributed by atoms with Crippen LogP contribution in [0.3, 0.4) is 0 Å². The van der Waals surface area contributed by atoms with E-state index in [0.29, 0.717) is 19.9 Å². The molecule has 1 unspecified atom stereocenters. The Labute approximate surface area is 143 Å². The zero-order valence-corrected chi connectivity index (χ0v) is 14.8. The van der Waals surface area contributed by atoms with Crippen molar-refractivity contribution < 1.29 is 19.1 Å². The molecule has 6 heteroatoms. The summed E-state index contributed by atoms with van der Waals surface area (Å²) in [7, 11) is 0. The highest BCUT2D eigenvalue weighted by atomic mass is 16.6. The second-order valence-electron chi connectivity index (χ2n) is 7.20. The van der Waals surface area contributed by atoms with E-state index in [1.165, 1.54) is 0 Å². The Balaban J connectivity index is 2.18. The molecule has 1 aromatic carbocycles. The van der Waals surface area contributed by atoms with Crippen molar-refractivity contribution in [3.05, 3.63) is 35.9 Å². The minimum Gasteiger partial charge on any atom is -0.444 e. The Hall–Kier alpha value is -2.08. The molecule has 1 saturated heterocycles. The molecule has 1 aliphatic heterocycles. The second kappa shape index (κ2) is 7.21. The van der Waals surface area contributed by atoms with E-state index in [-0.39, 0.29) is 12.3 Å². The van der Waals surface area contributed by atoms with Crippen molar-refractivity contribution in [3.8, 4) is 0 Å². The zero-order chi connectivity index (χ0) is 17.8. The normalized spacial score (nSPS) is 17.2. The number of alkyl carbamates (subject to hydrolysis) is 1. The SMILES string of the molecule is CC(C)(C)OC(=O)NC(C)(CC(=O)N1CCOC1)c1ccccc1. The maximum absolute atomic E-state index is 12.6. The van der Waals surface area contributed by atoms with Crippen molar-refractivity contribution in [2.75, 3.05) is 19.9 Å². The Kier molecular flexibility index (Phi) is 5.49. The third-order valence-electron chi connectivity index (χ3n) is 3.80. The summed E-state index contributed by atoms with van der Waals surface area (Å²) in [6, 6.07) is 9.45. The van der Waals surface area contributed by atoms with Crippen molar-refractivity contribution in [2.45, 2.75) is 45.3 Å². The van der Waals surface area contributed by atoms with E-state index in [9.17, 15) is 9.59 Å². The molecule has 24 heavy (non-hydrogen) atoms. The minimum atomic E-state index is -0.858. The molecule has 1 heterocycles. The highest BCUT2D eigenvalue weighted by molar-refractivity contribution is 5.79. The fraction of sp³-hybridized carbons (Fsp3) is 0.556. The van der Waals surface area contributed by atoms with E-state index in [1.54, 1.807) is 25.7 Å². The van der Waals surface area contributed by atoms with Gasteiger partial charge in [-0.05, 0) is 33.3 Å². The van der Waals surface area contributed by atoms with Crippen LogP contribution in [-0.4, -0.2) is 42.4 Å². The van der Waals surface area contributed by atoms with Crippen LogP contribution in [0.2, 0.25) is 0 Å². The Morgan fingerprint density at radius 3 is 2.42 bits per heavy atom. The van der Waals surface area contributed by atoms with Gasteiger partial charge in [0.2, 0.25) is 5.91 Å². The van der Waals surface area contributed by atoms with Crippen molar-refractivity contribution in [1.82, 2.24) is 10.2 Å². The number of hydrogen-bond acceptors (Lipinski definition) is 4. The average Bonchev–Trinajstić information content (AvgIpc) is 3.00. The highest BCUT2D eigenvalue weighted by Crippen LogP contribution is 2.26. The smallest absolute Gasteiger partial charge is 0.408 e. The number of rotatable bonds is 4. The molecule has 1 fully saturated rings. The maximum atomic E-state index is 12.6. The Morgan fingerprint density at radius 1 is 1.21 bits per heavy atom. The van der Waals surface area contributed by atoms with Crippen LogP contribution in [0, 0.1) is 0 Å². The standard InChI is InChI=1S/C18H26N2O4/c1-17(2,3)24-16(22)19-18(4,14-8-6-5-7-9-14)12-15(21)20-10-11-23-13-20/h5-9H,10-13H2,1-4H3,(H,19,22). The Morgan fingerprint density at radius 2 is 1.88 bits per heavy atom. The summed E-state index contributed by atoms with van der Waals surface area (Å²) in [4.78, 5) is 26.5. The minimum absolute atomic E-state index is 0.0603. The number of benzene rings is 1. The van der Waals surface area contributed by atoms with Crippen molar-refractivity contribution in [2.24, 2.45) is 0 Å². The number of hydrogen-bond donors (Lipinski definition) is 1.